The number of allylic oxidation sites excluding steroid dienone is 4. The average molecular weight is 415 g/mol. The number of nitrogens with two attached hydrogens (primary N) is 1. The summed E-state index contributed by atoms with van der Waals surface area (Å²) in [5.41, 5.74) is 6.86. The number of nitriles is 3. The monoisotopic (exact) mass is 414 g/mol. The summed E-state index contributed by atoms with van der Waals surface area (Å²) in [6.07, 6.45) is 3.67. The largest absolute Gasteiger partial charge is 0.491 e. The fraction of sp³-hybridized carbons (Fsp3) is 0.500. The topological polar surface area (TPSA) is 107 Å². The zero-order chi connectivity index (χ0) is 23.0. The van der Waals surface area contributed by atoms with Crippen molar-refractivity contribution in [3.8, 4) is 24.0 Å². The molecule has 0 saturated carbocycles. The summed E-state index contributed by atoms with van der Waals surface area (Å²) in [4.78, 5) is 0. The Morgan fingerprint density at radius 1 is 1.13 bits per heavy atom. The van der Waals surface area contributed by atoms with Gasteiger partial charge in [0.25, 0.3) is 0 Å². The molecule has 0 amide bonds. The molecule has 0 unspecified atom stereocenters. The molecule has 5 heteroatoms. The highest BCUT2D eigenvalue weighted by atomic mass is 16.5. The van der Waals surface area contributed by atoms with Crippen LogP contribution in [0.5, 0.6) is 5.75 Å². The molecule has 0 saturated heterocycles. The van der Waals surface area contributed by atoms with E-state index < -0.39 is 11.3 Å². The summed E-state index contributed by atoms with van der Waals surface area (Å²) in [6, 6.07) is 14.2. The smallest absolute Gasteiger partial charge is 0.191 e. The lowest BCUT2D eigenvalue weighted by atomic mass is 9.54. The van der Waals surface area contributed by atoms with Crippen LogP contribution in [0.2, 0.25) is 0 Å². The molecular formula is C26H30N4O. The minimum atomic E-state index is -1.64. The van der Waals surface area contributed by atoms with E-state index in [9.17, 15) is 15.8 Å². The lowest BCUT2D eigenvalue weighted by Crippen LogP contribution is -2.44. The molecule has 3 rings (SSSR count). The highest BCUT2D eigenvalue weighted by molar-refractivity contribution is 5.60. The van der Waals surface area contributed by atoms with Crippen LogP contribution in [0.1, 0.15) is 58.9 Å². The van der Waals surface area contributed by atoms with Crippen LogP contribution in [0.15, 0.2) is 47.2 Å². The van der Waals surface area contributed by atoms with Crippen molar-refractivity contribution in [1.29, 1.82) is 15.8 Å². The first kappa shape index (κ1) is 22.5. The second-order valence-electron chi connectivity index (χ2n) is 9.91. The van der Waals surface area contributed by atoms with Crippen molar-refractivity contribution in [2.45, 2.75) is 59.5 Å². The summed E-state index contributed by atoms with van der Waals surface area (Å²) in [6.45, 7) is 10.5. The Balaban J connectivity index is 2.32. The summed E-state index contributed by atoms with van der Waals surface area (Å²) in [5.74, 6) is 0.321. The third-order valence-corrected chi connectivity index (χ3v) is 6.72. The molecule has 5 nitrogen and oxygen atoms in total. The van der Waals surface area contributed by atoms with Gasteiger partial charge in [-0.3, -0.25) is 0 Å². The van der Waals surface area contributed by atoms with Crippen molar-refractivity contribution in [3.05, 3.63) is 52.7 Å². The van der Waals surface area contributed by atoms with Gasteiger partial charge in [-0.1, -0.05) is 45.0 Å². The second-order valence-corrected chi connectivity index (χ2v) is 9.91. The molecule has 0 radical (unpaired) electrons. The van der Waals surface area contributed by atoms with Crippen molar-refractivity contribution >= 4 is 0 Å². The van der Waals surface area contributed by atoms with Gasteiger partial charge in [0.15, 0.2) is 5.41 Å². The minimum Gasteiger partial charge on any atom is -0.491 e. The molecule has 0 spiro atoms. The van der Waals surface area contributed by atoms with Gasteiger partial charge in [-0.2, -0.15) is 15.8 Å². The van der Waals surface area contributed by atoms with Crippen molar-refractivity contribution < 1.29 is 4.74 Å². The fourth-order valence-electron chi connectivity index (χ4n) is 5.04. The number of para-hydroxylation sites is 1. The molecule has 3 atom stereocenters. The van der Waals surface area contributed by atoms with Crippen LogP contribution in [0.3, 0.4) is 0 Å². The van der Waals surface area contributed by atoms with Crippen LogP contribution < -0.4 is 10.5 Å². The van der Waals surface area contributed by atoms with E-state index in [1.54, 1.807) is 0 Å². The standard InChI is InChI=1S/C26H30N4O/c1-16(2)31-22-9-7-6-8-19(22)23-20-12-17(25(3,4)5)10-11-18(20)21(13-27)24(30)26(23,14-28)15-29/h6-9,11,16-17,20,23H,10,12,30H2,1-5H3/t17-,20+,23+/m0/s1. The predicted octanol–water partition coefficient (Wildman–Crippen LogP) is 5.34. The van der Waals surface area contributed by atoms with E-state index in [2.05, 4.69) is 45.1 Å². The molecule has 2 aliphatic carbocycles. The van der Waals surface area contributed by atoms with Crippen LogP contribution >= 0.6 is 0 Å². The highest BCUT2D eigenvalue weighted by Crippen LogP contribution is 2.59. The molecule has 160 valence electrons. The summed E-state index contributed by atoms with van der Waals surface area (Å²) >= 11 is 0. The van der Waals surface area contributed by atoms with Crippen LogP contribution in [0.25, 0.3) is 0 Å². The fourth-order valence-corrected chi connectivity index (χ4v) is 5.04. The van der Waals surface area contributed by atoms with Crippen LogP contribution in [-0.4, -0.2) is 6.10 Å². The number of ether oxygens (including phenoxy) is 1. The third-order valence-electron chi connectivity index (χ3n) is 6.72. The Morgan fingerprint density at radius 2 is 1.77 bits per heavy atom. The van der Waals surface area contributed by atoms with Gasteiger partial charge in [0.2, 0.25) is 0 Å². The van der Waals surface area contributed by atoms with Gasteiger partial charge in [0.05, 0.1) is 29.5 Å². The normalized spacial score (nSPS) is 25.0. The van der Waals surface area contributed by atoms with Gasteiger partial charge in [-0.15, -0.1) is 0 Å². The molecule has 0 bridgehead atoms. The van der Waals surface area contributed by atoms with Gasteiger partial charge in [-0.25, -0.2) is 0 Å². The molecule has 1 aromatic carbocycles. The number of hydrogen-bond acceptors (Lipinski definition) is 5. The first-order valence-electron chi connectivity index (χ1n) is 10.8. The Labute approximate surface area is 185 Å². The van der Waals surface area contributed by atoms with E-state index in [1.807, 2.05) is 38.1 Å². The van der Waals surface area contributed by atoms with Crippen LogP contribution in [0.4, 0.5) is 0 Å². The van der Waals surface area contributed by atoms with E-state index in [1.165, 1.54) is 0 Å². The molecule has 0 fully saturated rings. The molecule has 0 aromatic heterocycles. The van der Waals surface area contributed by atoms with Crippen LogP contribution in [-0.2, 0) is 0 Å². The number of fused-ring (bicyclic) bond motifs is 1. The van der Waals surface area contributed by atoms with Gasteiger partial charge < -0.3 is 10.5 Å². The first-order valence-corrected chi connectivity index (χ1v) is 10.8. The zero-order valence-electron chi connectivity index (χ0n) is 18.9. The predicted molar refractivity (Wildman–Crippen MR) is 119 cm³/mol. The maximum absolute atomic E-state index is 10.3. The Hall–Kier alpha value is -3.23. The lowest BCUT2D eigenvalue weighted by molar-refractivity contribution is 0.167. The molecule has 2 N–H and O–H groups in total. The average Bonchev–Trinajstić information content (AvgIpc) is 2.72. The highest BCUT2D eigenvalue weighted by Gasteiger charge is 2.55. The number of nitrogens with zero attached hydrogens (tertiary/aromatic N) is 3. The molecule has 2 aliphatic rings. The minimum absolute atomic E-state index is 0.0565. The lowest BCUT2D eigenvalue weighted by Gasteiger charge is -2.47. The molecular weight excluding hydrogens is 384 g/mol. The molecule has 0 heterocycles. The van der Waals surface area contributed by atoms with Crippen molar-refractivity contribution in [2.75, 3.05) is 0 Å². The van der Waals surface area contributed by atoms with E-state index in [0.717, 1.165) is 24.0 Å². The Kier molecular flexibility index (Phi) is 5.89. The SMILES string of the molecule is CC(C)Oc1ccccc1[C@@H]1[C@@H]2C[C@@H](C(C)(C)C)CC=C2C(C#N)=C(N)C1(C#N)C#N. The van der Waals surface area contributed by atoms with Gasteiger partial charge >= 0.3 is 0 Å². The van der Waals surface area contributed by atoms with Gasteiger partial charge in [0.1, 0.15) is 11.8 Å². The molecule has 1 aromatic rings. The molecule has 0 aliphatic heterocycles. The number of benzene rings is 1. The third kappa shape index (κ3) is 3.68. The summed E-state index contributed by atoms with van der Waals surface area (Å²) in [5, 5.41) is 30.5. The maximum atomic E-state index is 10.3. The van der Waals surface area contributed by atoms with Crippen molar-refractivity contribution in [2.24, 2.45) is 28.4 Å². The van der Waals surface area contributed by atoms with Crippen LogP contribution in [0, 0.1) is 56.7 Å². The number of hydrogen-bond donors (Lipinski definition) is 1. The van der Waals surface area contributed by atoms with Crippen molar-refractivity contribution in [1.82, 2.24) is 0 Å². The van der Waals surface area contributed by atoms with E-state index in [-0.39, 0.29) is 23.1 Å². The zero-order valence-corrected chi connectivity index (χ0v) is 18.9. The van der Waals surface area contributed by atoms with E-state index in [4.69, 9.17) is 10.5 Å². The maximum Gasteiger partial charge on any atom is 0.191 e. The Bertz CT molecular complexity index is 1040. The van der Waals surface area contributed by atoms with Gasteiger partial charge in [0, 0.05) is 11.5 Å². The second kappa shape index (κ2) is 8.13. The quantitative estimate of drug-likeness (QED) is 0.718. The van der Waals surface area contributed by atoms with Gasteiger partial charge in [-0.05, 0) is 55.6 Å². The first-order chi connectivity index (χ1) is 14.6. The van der Waals surface area contributed by atoms with E-state index in [0.29, 0.717) is 17.2 Å². The van der Waals surface area contributed by atoms with Crippen molar-refractivity contribution in [3.63, 3.8) is 0 Å². The molecule has 31 heavy (non-hydrogen) atoms. The number of rotatable bonds is 3. The van der Waals surface area contributed by atoms with E-state index >= 15 is 0 Å². The summed E-state index contributed by atoms with van der Waals surface area (Å²) < 4.78 is 6.08. The Morgan fingerprint density at radius 3 is 2.32 bits per heavy atom. The summed E-state index contributed by atoms with van der Waals surface area (Å²) in [7, 11) is 0.